The van der Waals surface area contributed by atoms with E-state index in [4.69, 9.17) is 23.7 Å². The molecule has 5 unspecified atom stereocenters. The van der Waals surface area contributed by atoms with Crippen molar-refractivity contribution in [3.63, 3.8) is 0 Å². The molecule has 0 radical (unpaired) electrons. The molecule has 5 rings (SSSR count). The number of aromatic hydroxyl groups is 2. The fourth-order valence-corrected chi connectivity index (χ4v) is 5.13. The highest BCUT2D eigenvalue weighted by atomic mass is 16.8. The summed E-state index contributed by atoms with van der Waals surface area (Å²) in [6.45, 7) is -1.10. The molecule has 3 heterocycles. The first-order chi connectivity index (χ1) is 16.7. The van der Waals surface area contributed by atoms with E-state index in [1.54, 1.807) is 6.08 Å². The van der Waals surface area contributed by atoms with Crippen molar-refractivity contribution < 1.29 is 64.2 Å². The monoisotopic (exact) mass is 498 g/mol. The summed E-state index contributed by atoms with van der Waals surface area (Å²) >= 11 is 0. The maximum Gasteiger partial charge on any atom is 0.338 e. The number of phenolic OH excluding ortho intramolecular Hbond substituents is 2. The molecule has 13 heteroatoms. The second-order valence-electron chi connectivity index (χ2n) is 8.99. The molecule has 1 saturated carbocycles. The molecule has 0 amide bonds. The van der Waals surface area contributed by atoms with Crippen molar-refractivity contribution in [2.24, 2.45) is 11.8 Å². The summed E-state index contributed by atoms with van der Waals surface area (Å²) < 4.78 is 28.1. The van der Waals surface area contributed by atoms with Crippen molar-refractivity contribution in [3.8, 4) is 11.5 Å². The molecule has 1 aromatic carbocycles. The van der Waals surface area contributed by atoms with Gasteiger partial charge in [0, 0.05) is 5.92 Å². The van der Waals surface area contributed by atoms with Crippen LogP contribution in [0.25, 0.3) is 0 Å². The highest BCUT2D eigenvalue weighted by Gasteiger charge is 2.77. The van der Waals surface area contributed by atoms with Crippen LogP contribution < -0.4 is 0 Å². The number of benzene rings is 1. The minimum Gasteiger partial charge on any atom is -0.504 e. The summed E-state index contributed by atoms with van der Waals surface area (Å²) in [7, 11) is 0. The molecule has 7 N–H and O–H groups in total. The van der Waals surface area contributed by atoms with Crippen molar-refractivity contribution >= 4 is 5.97 Å². The Morgan fingerprint density at radius 2 is 1.80 bits per heavy atom. The fourth-order valence-electron chi connectivity index (χ4n) is 5.13. The van der Waals surface area contributed by atoms with E-state index in [1.165, 1.54) is 12.3 Å². The van der Waals surface area contributed by atoms with Crippen LogP contribution in [0.3, 0.4) is 0 Å². The highest BCUT2D eigenvalue weighted by Crippen LogP contribution is 2.60. The van der Waals surface area contributed by atoms with Crippen LogP contribution in [-0.2, 0) is 23.7 Å². The number of carbonyl (C=O) groups excluding carboxylic acids is 1. The molecule has 2 saturated heterocycles. The van der Waals surface area contributed by atoms with Crippen LogP contribution >= 0.6 is 0 Å². The van der Waals surface area contributed by atoms with Crippen LogP contribution in [0.15, 0.2) is 30.5 Å². The third-order valence-electron chi connectivity index (χ3n) is 7.05. The Bertz CT molecular complexity index is 998. The number of ether oxygens (including phenoxy) is 5. The minimum absolute atomic E-state index is 0.0100. The van der Waals surface area contributed by atoms with Gasteiger partial charge in [0.05, 0.1) is 31.0 Å². The van der Waals surface area contributed by atoms with Crippen molar-refractivity contribution in [1.82, 2.24) is 0 Å². The maximum absolute atomic E-state index is 12.7. The van der Waals surface area contributed by atoms with Gasteiger partial charge in [0.2, 0.25) is 6.29 Å². The Morgan fingerprint density at radius 3 is 2.49 bits per heavy atom. The first kappa shape index (κ1) is 24.2. The summed E-state index contributed by atoms with van der Waals surface area (Å²) in [6, 6.07) is 3.48. The number of phenols is 2. The predicted molar refractivity (Wildman–Crippen MR) is 110 cm³/mol. The predicted octanol–water partition coefficient (Wildman–Crippen LogP) is -2.31. The van der Waals surface area contributed by atoms with Gasteiger partial charge in [-0.25, -0.2) is 4.79 Å². The zero-order valence-corrected chi connectivity index (χ0v) is 18.2. The molecule has 0 aromatic heterocycles. The molecule has 0 bridgehead atoms. The lowest BCUT2D eigenvalue weighted by Crippen LogP contribution is -2.60. The summed E-state index contributed by atoms with van der Waals surface area (Å²) in [5, 5.41) is 69.0. The van der Waals surface area contributed by atoms with Crippen molar-refractivity contribution in [2.45, 2.75) is 54.8 Å². The van der Waals surface area contributed by atoms with E-state index in [0.29, 0.717) is 0 Å². The Hall–Kier alpha value is -2.49. The number of hydrogen-bond donors (Lipinski definition) is 7. The molecule has 192 valence electrons. The topological polar surface area (TPSA) is 208 Å². The highest BCUT2D eigenvalue weighted by molar-refractivity contribution is 5.90. The molecule has 4 aliphatic rings. The van der Waals surface area contributed by atoms with Gasteiger partial charge in [0.25, 0.3) is 0 Å². The molecule has 3 aliphatic heterocycles. The van der Waals surface area contributed by atoms with Crippen molar-refractivity contribution in [3.05, 3.63) is 36.1 Å². The maximum atomic E-state index is 12.7. The molecule has 35 heavy (non-hydrogen) atoms. The minimum atomic E-state index is -1.67. The molecule has 1 aromatic rings. The van der Waals surface area contributed by atoms with Gasteiger partial charge in [-0.15, -0.1) is 0 Å². The van der Waals surface area contributed by atoms with Crippen molar-refractivity contribution in [2.75, 3.05) is 13.2 Å². The summed E-state index contributed by atoms with van der Waals surface area (Å²) in [6.07, 6.45) is -7.39. The molecule has 11 atom stereocenters. The van der Waals surface area contributed by atoms with Crippen molar-refractivity contribution in [1.29, 1.82) is 0 Å². The molecule has 13 nitrogen and oxygen atoms in total. The van der Waals surface area contributed by atoms with E-state index < -0.39 is 97.3 Å². The number of epoxide rings is 1. The average Bonchev–Trinajstić information content (AvgIpc) is 3.53. The normalized spacial score (nSPS) is 43.7. The van der Waals surface area contributed by atoms with E-state index in [1.807, 2.05) is 0 Å². The first-order valence-electron chi connectivity index (χ1n) is 11.0. The number of hydrogen-bond acceptors (Lipinski definition) is 13. The van der Waals surface area contributed by atoms with Gasteiger partial charge in [-0.2, -0.15) is 0 Å². The molecule has 1 aliphatic carbocycles. The summed E-state index contributed by atoms with van der Waals surface area (Å²) in [5.74, 6) is -2.94. The number of esters is 1. The van der Waals surface area contributed by atoms with Crippen LogP contribution in [0.2, 0.25) is 0 Å². The van der Waals surface area contributed by atoms with Crippen LogP contribution in [0.4, 0.5) is 0 Å². The van der Waals surface area contributed by atoms with Crippen LogP contribution in [0.1, 0.15) is 10.4 Å². The third-order valence-corrected chi connectivity index (χ3v) is 7.05. The SMILES string of the molecule is O=C(O[C@H]1[C@@H]2C=CO[C@@H](OC3OC(CO)C(O)C(O)C3O)[C@@H]2[C@@]2(CO)O[C@@H]12)c1ccc(O)c(O)c1. The van der Waals surface area contributed by atoms with Crippen LogP contribution in [0.5, 0.6) is 11.5 Å². The zero-order chi connectivity index (χ0) is 25.1. The first-order valence-corrected chi connectivity index (χ1v) is 11.0. The second-order valence-corrected chi connectivity index (χ2v) is 8.99. The van der Waals surface area contributed by atoms with Gasteiger partial charge in [0.15, 0.2) is 17.8 Å². The third kappa shape index (κ3) is 3.84. The number of rotatable bonds is 6. The van der Waals surface area contributed by atoms with E-state index >= 15 is 0 Å². The van der Waals surface area contributed by atoms with E-state index in [-0.39, 0.29) is 5.56 Å². The second kappa shape index (κ2) is 8.87. The lowest BCUT2D eigenvalue weighted by atomic mass is 9.85. The molecular weight excluding hydrogens is 472 g/mol. The lowest BCUT2D eigenvalue weighted by molar-refractivity contribution is -0.344. The van der Waals surface area contributed by atoms with E-state index in [9.17, 15) is 40.5 Å². The van der Waals surface area contributed by atoms with Gasteiger partial charge in [-0.3, -0.25) is 0 Å². The molecule has 3 fully saturated rings. The van der Waals surface area contributed by atoms with E-state index in [0.717, 1.165) is 12.1 Å². The van der Waals surface area contributed by atoms with Gasteiger partial charge in [-0.1, -0.05) is 0 Å². The van der Waals surface area contributed by atoms with Gasteiger partial charge in [-0.05, 0) is 24.3 Å². The molecular formula is C22H26O13. The Morgan fingerprint density at radius 1 is 1.03 bits per heavy atom. The average molecular weight is 498 g/mol. The number of aliphatic hydroxyl groups is 5. The van der Waals surface area contributed by atoms with Crippen LogP contribution in [0, 0.1) is 11.8 Å². The summed E-state index contributed by atoms with van der Waals surface area (Å²) in [5.41, 5.74) is -1.19. The van der Waals surface area contributed by atoms with Gasteiger partial charge >= 0.3 is 5.97 Å². The Balaban J connectivity index is 1.35. The van der Waals surface area contributed by atoms with E-state index in [2.05, 4.69) is 0 Å². The van der Waals surface area contributed by atoms with Gasteiger partial charge in [0.1, 0.15) is 42.2 Å². The Labute approximate surface area is 198 Å². The lowest BCUT2D eigenvalue weighted by Gasteiger charge is -2.43. The summed E-state index contributed by atoms with van der Waals surface area (Å²) in [4.78, 5) is 12.7. The fraction of sp³-hybridized carbons (Fsp3) is 0.591. The number of aliphatic hydroxyl groups excluding tert-OH is 5. The Kier molecular flexibility index (Phi) is 6.14. The quantitative estimate of drug-likeness (QED) is 0.125. The number of carbonyl (C=O) groups is 1. The largest absolute Gasteiger partial charge is 0.504 e. The zero-order valence-electron chi connectivity index (χ0n) is 18.2. The van der Waals surface area contributed by atoms with Crippen LogP contribution in [-0.4, -0.2) is 110 Å². The smallest absolute Gasteiger partial charge is 0.338 e. The molecule has 0 spiro atoms. The number of fused-ring (bicyclic) bond motifs is 3. The standard InChI is InChI=1S/C22H26O13/c23-6-12-14(27)15(28)16(29)21(32-12)34-20-13-9(3-4-31-20)17(18-22(13,7-24)35-18)33-19(30)8-1-2-10(25)11(26)5-8/h1-5,9,12-18,20-21,23-29H,6-7H2/t9-,12?,13-,14?,15?,16?,17+,18+,20+,21?,22-/m1/s1. The van der Waals surface area contributed by atoms with Gasteiger partial charge < -0.3 is 59.4 Å².